The van der Waals surface area contributed by atoms with Crippen LogP contribution in [0.5, 0.6) is 0 Å². The highest BCUT2D eigenvalue weighted by atomic mass is 79.9. The van der Waals surface area contributed by atoms with E-state index in [0.29, 0.717) is 6.04 Å². The van der Waals surface area contributed by atoms with Crippen LogP contribution in [0, 0.1) is 6.92 Å². The molecule has 1 atom stereocenters. The molecule has 1 N–H and O–H groups in total. The van der Waals surface area contributed by atoms with Gasteiger partial charge in [0.1, 0.15) is 5.01 Å². The normalized spacial score (nSPS) is 13.0. The van der Waals surface area contributed by atoms with Crippen LogP contribution >= 0.6 is 38.6 Å². The Morgan fingerprint density at radius 1 is 1.50 bits per heavy atom. The zero-order valence-corrected chi connectivity index (χ0v) is 12.6. The van der Waals surface area contributed by atoms with Crippen LogP contribution in [-0.4, -0.2) is 12.0 Å². The number of nitrogens with one attached hydrogen (secondary N) is 1. The molecule has 0 saturated heterocycles. The Morgan fingerprint density at radius 2 is 2.25 bits per heavy atom. The van der Waals surface area contributed by atoms with Gasteiger partial charge in [0.25, 0.3) is 0 Å². The van der Waals surface area contributed by atoms with E-state index >= 15 is 0 Å². The molecule has 0 spiro atoms. The topological polar surface area (TPSA) is 24.9 Å². The minimum Gasteiger partial charge on any atom is -0.312 e. The summed E-state index contributed by atoms with van der Waals surface area (Å²) < 4.78 is 1.13. The Balaban J connectivity index is 2.37. The maximum atomic E-state index is 4.63. The molecule has 0 amide bonds. The van der Waals surface area contributed by atoms with Crippen molar-refractivity contribution in [2.45, 2.75) is 19.9 Å². The van der Waals surface area contributed by atoms with E-state index in [-0.39, 0.29) is 0 Å². The summed E-state index contributed by atoms with van der Waals surface area (Å²) in [7, 11) is 1.98. The van der Waals surface area contributed by atoms with Gasteiger partial charge < -0.3 is 5.32 Å². The average molecular weight is 317 g/mol. The monoisotopic (exact) mass is 316 g/mol. The minimum atomic E-state index is 0.370. The van der Waals surface area contributed by atoms with Crippen molar-refractivity contribution in [2.75, 3.05) is 7.05 Å². The molecule has 0 saturated carbocycles. The summed E-state index contributed by atoms with van der Waals surface area (Å²) >= 11 is 6.97. The fraction of sp³-hybridized carbons (Fsp3) is 0.364. The molecule has 0 aliphatic heterocycles. The van der Waals surface area contributed by atoms with Gasteiger partial charge in [0.05, 0.1) is 10.6 Å². The first-order valence-electron chi connectivity index (χ1n) is 5.00. The fourth-order valence-corrected chi connectivity index (χ4v) is 4.09. The molecule has 1 unspecified atom stereocenters. The van der Waals surface area contributed by atoms with Crippen LogP contribution < -0.4 is 5.32 Å². The van der Waals surface area contributed by atoms with Crippen molar-refractivity contribution < 1.29 is 0 Å². The maximum absolute atomic E-state index is 4.63. The molecule has 2 rings (SSSR count). The number of hydrogen-bond acceptors (Lipinski definition) is 4. The predicted molar refractivity (Wildman–Crippen MR) is 75.3 cm³/mol. The standard InChI is InChI=1S/C11H13BrN2S2/c1-6(13-3)10-7(2)14-11(16-10)9-4-8(12)5-15-9/h4-6,13H,1-3H3. The second-order valence-corrected chi connectivity index (χ2v) is 6.47. The molecule has 16 heavy (non-hydrogen) atoms. The summed E-state index contributed by atoms with van der Waals surface area (Å²) in [4.78, 5) is 7.18. The summed E-state index contributed by atoms with van der Waals surface area (Å²) in [6, 6.07) is 2.49. The van der Waals surface area contributed by atoms with Gasteiger partial charge in [-0.3, -0.25) is 0 Å². The molecule has 0 fully saturated rings. The van der Waals surface area contributed by atoms with Crippen molar-refractivity contribution in [1.29, 1.82) is 0 Å². The minimum absolute atomic E-state index is 0.370. The molecule has 86 valence electrons. The summed E-state index contributed by atoms with van der Waals surface area (Å²) in [5, 5.41) is 6.46. The van der Waals surface area contributed by atoms with Gasteiger partial charge >= 0.3 is 0 Å². The molecular weight excluding hydrogens is 304 g/mol. The lowest BCUT2D eigenvalue weighted by atomic mass is 10.2. The number of aromatic nitrogens is 1. The highest BCUT2D eigenvalue weighted by Gasteiger charge is 2.14. The van der Waals surface area contributed by atoms with E-state index in [4.69, 9.17) is 0 Å². The molecule has 0 aliphatic carbocycles. The van der Waals surface area contributed by atoms with E-state index in [1.165, 1.54) is 9.75 Å². The van der Waals surface area contributed by atoms with E-state index < -0.39 is 0 Å². The molecule has 2 aromatic rings. The van der Waals surface area contributed by atoms with Crippen LogP contribution in [0.2, 0.25) is 0 Å². The second kappa shape index (κ2) is 4.96. The number of thiophene rings is 1. The van der Waals surface area contributed by atoms with Crippen molar-refractivity contribution in [3.8, 4) is 9.88 Å². The van der Waals surface area contributed by atoms with Gasteiger partial charge in [-0.05, 0) is 42.9 Å². The van der Waals surface area contributed by atoms with Gasteiger partial charge in [-0.1, -0.05) is 0 Å². The van der Waals surface area contributed by atoms with Crippen LogP contribution in [-0.2, 0) is 0 Å². The van der Waals surface area contributed by atoms with E-state index in [1.807, 2.05) is 7.05 Å². The lowest BCUT2D eigenvalue weighted by molar-refractivity contribution is 0.658. The van der Waals surface area contributed by atoms with Gasteiger partial charge in [0.15, 0.2) is 0 Å². The Kier molecular flexibility index (Phi) is 3.79. The Morgan fingerprint density at radius 3 is 2.81 bits per heavy atom. The van der Waals surface area contributed by atoms with Crippen LogP contribution in [0.3, 0.4) is 0 Å². The van der Waals surface area contributed by atoms with Crippen LogP contribution in [0.15, 0.2) is 15.9 Å². The Bertz CT molecular complexity index is 490. The van der Waals surface area contributed by atoms with Crippen LogP contribution in [0.4, 0.5) is 0 Å². The summed E-state index contributed by atoms with van der Waals surface area (Å²) in [6.45, 7) is 4.24. The van der Waals surface area contributed by atoms with Crippen molar-refractivity contribution in [3.05, 3.63) is 26.5 Å². The quantitative estimate of drug-likeness (QED) is 0.917. The van der Waals surface area contributed by atoms with Crippen molar-refractivity contribution in [1.82, 2.24) is 10.3 Å². The molecule has 2 aromatic heterocycles. The third-order valence-electron chi connectivity index (χ3n) is 2.44. The zero-order valence-electron chi connectivity index (χ0n) is 9.37. The summed E-state index contributed by atoms with van der Waals surface area (Å²) in [5.41, 5.74) is 1.13. The maximum Gasteiger partial charge on any atom is 0.133 e. The highest BCUT2D eigenvalue weighted by Crippen LogP contribution is 2.36. The molecule has 0 radical (unpaired) electrons. The Labute approximate surface area is 112 Å². The van der Waals surface area contributed by atoms with E-state index in [1.54, 1.807) is 22.7 Å². The first kappa shape index (κ1) is 12.2. The highest BCUT2D eigenvalue weighted by molar-refractivity contribution is 9.10. The first-order chi connectivity index (χ1) is 7.61. The summed E-state index contributed by atoms with van der Waals surface area (Å²) in [5.74, 6) is 0. The third kappa shape index (κ3) is 2.37. The van der Waals surface area contributed by atoms with Crippen LogP contribution in [0.25, 0.3) is 9.88 Å². The average Bonchev–Trinajstić information content (AvgIpc) is 2.83. The molecule has 0 bridgehead atoms. The molecular formula is C11H13BrN2S2. The lowest BCUT2D eigenvalue weighted by Gasteiger charge is -2.06. The van der Waals surface area contributed by atoms with E-state index in [9.17, 15) is 0 Å². The van der Waals surface area contributed by atoms with Gasteiger partial charge in [-0.15, -0.1) is 22.7 Å². The SMILES string of the molecule is CNC(C)c1sc(-c2cc(Br)cs2)nc1C. The number of halogens is 1. The number of hydrogen-bond donors (Lipinski definition) is 1. The predicted octanol–water partition coefficient (Wildman–Crippen LogP) is 4.22. The zero-order chi connectivity index (χ0) is 11.7. The number of thiazole rings is 1. The van der Waals surface area contributed by atoms with Gasteiger partial charge in [-0.2, -0.15) is 0 Å². The van der Waals surface area contributed by atoms with Gasteiger partial charge in [-0.25, -0.2) is 4.98 Å². The molecule has 0 aromatic carbocycles. The lowest BCUT2D eigenvalue weighted by Crippen LogP contribution is -2.11. The third-order valence-corrected chi connectivity index (χ3v) is 5.64. The molecule has 2 nitrogen and oxygen atoms in total. The van der Waals surface area contributed by atoms with Gasteiger partial charge in [0, 0.05) is 20.8 Å². The Hall–Kier alpha value is -0.230. The summed E-state index contributed by atoms with van der Waals surface area (Å²) in [6.07, 6.45) is 0. The number of aryl methyl sites for hydroxylation is 1. The first-order valence-corrected chi connectivity index (χ1v) is 7.49. The number of nitrogens with zero attached hydrogens (tertiary/aromatic N) is 1. The molecule has 5 heteroatoms. The smallest absolute Gasteiger partial charge is 0.133 e. The van der Waals surface area contributed by atoms with E-state index in [2.05, 4.69) is 51.5 Å². The molecule has 2 heterocycles. The van der Waals surface area contributed by atoms with Gasteiger partial charge in [0.2, 0.25) is 0 Å². The second-order valence-electron chi connectivity index (χ2n) is 3.61. The largest absolute Gasteiger partial charge is 0.312 e. The van der Waals surface area contributed by atoms with Crippen molar-refractivity contribution in [3.63, 3.8) is 0 Å². The number of rotatable bonds is 3. The van der Waals surface area contributed by atoms with E-state index in [0.717, 1.165) is 15.2 Å². The van der Waals surface area contributed by atoms with Crippen molar-refractivity contribution in [2.24, 2.45) is 0 Å². The van der Waals surface area contributed by atoms with Crippen LogP contribution in [0.1, 0.15) is 23.5 Å². The van der Waals surface area contributed by atoms with Crippen molar-refractivity contribution >= 4 is 38.6 Å². The fourth-order valence-electron chi connectivity index (χ4n) is 1.47. The molecule has 0 aliphatic rings.